The molecule has 0 saturated carbocycles. The van der Waals surface area contributed by atoms with Crippen LogP contribution >= 0.6 is 0 Å². The fourth-order valence-corrected chi connectivity index (χ4v) is 8.09. The number of hydrogen-bond donors (Lipinski definition) is 0. The van der Waals surface area contributed by atoms with E-state index in [0.717, 1.165) is 29.2 Å². The van der Waals surface area contributed by atoms with Gasteiger partial charge in [0, 0.05) is 33.5 Å². The van der Waals surface area contributed by atoms with Crippen LogP contribution in [-0.2, 0) is 0 Å². The second-order valence-electron chi connectivity index (χ2n) is 14.1. The zero-order valence-electron chi connectivity index (χ0n) is 31.2. The summed E-state index contributed by atoms with van der Waals surface area (Å²) in [4.78, 5) is 4.79. The SMILES string of the molecule is CC/C(=C\C=C(/C)N(c1ccccc1)c1cc2ccccc2c2ccccc12)c1ccc(N(c2ccccc2)c2cc3ccccc3c3ccccc23)cc1. The molecule has 0 radical (unpaired) electrons. The van der Waals surface area contributed by atoms with Gasteiger partial charge in [0.15, 0.2) is 0 Å². The van der Waals surface area contributed by atoms with Crippen molar-refractivity contribution >= 4 is 77.1 Å². The molecule has 0 heterocycles. The van der Waals surface area contributed by atoms with E-state index < -0.39 is 0 Å². The maximum Gasteiger partial charge on any atom is 0.0546 e. The Morgan fingerprint density at radius 3 is 1.42 bits per heavy atom. The van der Waals surface area contributed by atoms with Crippen LogP contribution in [0.2, 0.25) is 0 Å². The lowest BCUT2D eigenvalue weighted by Crippen LogP contribution is -2.14. The fraction of sp³-hybridized carbons (Fsp3) is 0.0566. The molecule has 0 unspecified atom stereocenters. The van der Waals surface area contributed by atoms with Gasteiger partial charge in [-0.3, -0.25) is 0 Å². The molecule has 264 valence electrons. The Morgan fingerprint density at radius 1 is 0.418 bits per heavy atom. The number of fused-ring (bicyclic) bond motifs is 6. The Morgan fingerprint density at radius 2 is 0.855 bits per heavy atom. The molecule has 0 amide bonds. The summed E-state index contributed by atoms with van der Waals surface area (Å²) in [7, 11) is 0. The number of nitrogens with zero attached hydrogens (tertiary/aromatic N) is 2. The molecule has 55 heavy (non-hydrogen) atoms. The van der Waals surface area contributed by atoms with E-state index >= 15 is 0 Å². The van der Waals surface area contributed by atoms with Crippen molar-refractivity contribution in [2.24, 2.45) is 0 Å². The summed E-state index contributed by atoms with van der Waals surface area (Å²) >= 11 is 0. The molecular weight excluding hydrogens is 665 g/mol. The molecule has 9 aromatic carbocycles. The summed E-state index contributed by atoms with van der Waals surface area (Å²) in [6, 6.07) is 70.1. The maximum atomic E-state index is 2.40. The first-order valence-electron chi connectivity index (χ1n) is 19.2. The fourth-order valence-electron chi connectivity index (χ4n) is 8.09. The molecule has 0 saturated heterocycles. The van der Waals surface area contributed by atoms with E-state index in [-0.39, 0.29) is 0 Å². The third-order valence-corrected chi connectivity index (χ3v) is 10.8. The second-order valence-corrected chi connectivity index (χ2v) is 14.1. The number of benzene rings is 9. The maximum absolute atomic E-state index is 2.40. The Bertz CT molecular complexity index is 2850. The zero-order chi connectivity index (χ0) is 37.1. The molecule has 0 aromatic heterocycles. The zero-order valence-corrected chi connectivity index (χ0v) is 31.2. The van der Waals surface area contributed by atoms with Crippen LogP contribution in [0.1, 0.15) is 25.8 Å². The summed E-state index contributed by atoms with van der Waals surface area (Å²) in [6.07, 6.45) is 5.49. The van der Waals surface area contributed by atoms with Gasteiger partial charge in [0.25, 0.3) is 0 Å². The van der Waals surface area contributed by atoms with Gasteiger partial charge in [0.1, 0.15) is 0 Å². The molecule has 0 spiro atoms. The predicted octanol–water partition coefficient (Wildman–Crippen LogP) is 15.3. The van der Waals surface area contributed by atoms with Gasteiger partial charge < -0.3 is 9.80 Å². The first-order chi connectivity index (χ1) is 27.2. The highest BCUT2D eigenvalue weighted by Crippen LogP contribution is 2.43. The average molecular weight is 707 g/mol. The van der Waals surface area contributed by atoms with Crippen molar-refractivity contribution in [1.29, 1.82) is 0 Å². The lowest BCUT2D eigenvalue weighted by Gasteiger charge is -2.28. The van der Waals surface area contributed by atoms with E-state index in [9.17, 15) is 0 Å². The predicted molar refractivity (Wildman–Crippen MR) is 238 cm³/mol. The number of allylic oxidation sites excluding steroid dienone is 4. The molecule has 0 fully saturated rings. The topological polar surface area (TPSA) is 6.48 Å². The minimum atomic E-state index is 0.908. The van der Waals surface area contributed by atoms with Crippen LogP contribution in [0.3, 0.4) is 0 Å². The smallest absolute Gasteiger partial charge is 0.0546 e. The molecule has 0 aliphatic rings. The van der Waals surface area contributed by atoms with Crippen LogP contribution in [0, 0.1) is 0 Å². The number of anilines is 5. The van der Waals surface area contributed by atoms with Crippen LogP contribution in [0.25, 0.3) is 48.7 Å². The number of rotatable bonds is 9. The second kappa shape index (κ2) is 14.9. The first-order valence-corrected chi connectivity index (χ1v) is 19.2. The summed E-state index contributed by atoms with van der Waals surface area (Å²) in [5, 5.41) is 9.98. The van der Waals surface area contributed by atoms with Crippen molar-refractivity contribution in [3.8, 4) is 0 Å². The summed E-state index contributed by atoms with van der Waals surface area (Å²) in [5.41, 5.74) is 9.37. The minimum absolute atomic E-state index is 0.908. The molecule has 9 aromatic rings. The highest BCUT2D eigenvalue weighted by molar-refractivity contribution is 6.15. The summed E-state index contributed by atoms with van der Waals surface area (Å²) in [5.74, 6) is 0. The van der Waals surface area contributed by atoms with Crippen molar-refractivity contribution in [2.45, 2.75) is 20.3 Å². The summed E-state index contributed by atoms with van der Waals surface area (Å²) < 4.78 is 0. The molecule has 0 aliphatic carbocycles. The van der Waals surface area contributed by atoms with E-state index in [1.165, 1.54) is 65.6 Å². The van der Waals surface area contributed by atoms with Gasteiger partial charge in [-0.2, -0.15) is 0 Å². The Kier molecular flexibility index (Phi) is 9.15. The van der Waals surface area contributed by atoms with Gasteiger partial charge >= 0.3 is 0 Å². The largest absolute Gasteiger partial charge is 0.314 e. The monoisotopic (exact) mass is 706 g/mol. The van der Waals surface area contributed by atoms with Crippen LogP contribution in [0.15, 0.2) is 212 Å². The Balaban J connectivity index is 1.12. The molecular formula is C53H42N2. The molecule has 2 heteroatoms. The van der Waals surface area contributed by atoms with E-state index in [1.54, 1.807) is 0 Å². The van der Waals surface area contributed by atoms with E-state index in [2.05, 4.69) is 230 Å². The van der Waals surface area contributed by atoms with Crippen LogP contribution < -0.4 is 9.80 Å². The van der Waals surface area contributed by atoms with E-state index in [0.29, 0.717) is 0 Å². The Hall–Kier alpha value is -6.90. The molecule has 0 bridgehead atoms. The quantitative estimate of drug-likeness (QED) is 0.109. The lowest BCUT2D eigenvalue weighted by atomic mass is 9.98. The van der Waals surface area contributed by atoms with Crippen molar-refractivity contribution in [1.82, 2.24) is 0 Å². The van der Waals surface area contributed by atoms with Crippen LogP contribution in [0.4, 0.5) is 28.4 Å². The molecule has 0 aliphatic heterocycles. The lowest BCUT2D eigenvalue weighted by molar-refractivity contribution is 1.16. The standard InChI is InChI=1S/C53H42N2/c1-3-39(31-30-38(2)54(43-20-6-4-7-21-43)52-36-41-18-10-12-24-46(41)48-26-14-16-28-50(48)52)40-32-34-45(35-33-40)55(44-22-8-5-9-23-44)53-37-42-19-11-13-25-47(42)49-27-15-17-29-51(49)53/h4-37H,3H2,1-2H3/b38-30+,39-31+. The number of hydrogen-bond acceptors (Lipinski definition) is 2. The Labute approximate surface area is 323 Å². The third kappa shape index (κ3) is 6.43. The third-order valence-electron chi connectivity index (χ3n) is 10.8. The van der Waals surface area contributed by atoms with E-state index in [1.807, 2.05) is 0 Å². The molecule has 0 N–H and O–H groups in total. The van der Waals surface area contributed by atoms with Gasteiger partial charge in [-0.15, -0.1) is 0 Å². The van der Waals surface area contributed by atoms with Gasteiger partial charge in [-0.1, -0.05) is 159 Å². The molecule has 9 rings (SSSR count). The highest BCUT2D eigenvalue weighted by Gasteiger charge is 2.19. The molecule has 2 nitrogen and oxygen atoms in total. The van der Waals surface area contributed by atoms with Gasteiger partial charge in [-0.05, 0) is 111 Å². The average Bonchev–Trinajstić information content (AvgIpc) is 3.25. The van der Waals surface area contributed by atoms with Crippen molar-refractivity contribution in [3.63, 3.8) is 0 Å². The molecule has 0 atom stereocenters. The van der Waals surface area contributed by atoms with Gasteiger partial charge in [0.05, 0.1) is 11.4 Å². The van der Waals surface area contributed by atoms with Gasteiger partial charge in [0.2, 0.25) is 0 Å². The number of para-hydroxylation sites is 2. The van der Waals surface area contributed by atoms with E-state index in [4.69, 9.17) is 0 Å². The minimum Gasteiger partial charge on any atom is -0.314 e. The normalized spacial score (nSPS) is 12.1. The van der Waals surface area contributed by atoms with Gasteiger partial charge in [-0.25, -0.2) is 0 Å². The highest BCUT2D eigenvalue weighted by atomic mass is 15.1. The van der Waals surface area contributed by atoms with Crippen molar-refractivity contribution in [3.05, 3.63) is 218 Å². The van der Waals surface area contributed by atoms with Crippen molar-refractivity contribution < 1.29 is 0 Å². The van der Waals surface area contributed by atoms with Crippen LogP contribution in [-0.4, -0.2) is 0 Å². The summed E-state index contributed by atoms with van der Waals surface area (Å²) in [6.45, 7) is 4.46. The van der Waals surface area contributed by atoms with Crippen LogP contribution in [0.5, 0.6) is 0 Å². The van der Waals surface area contributed by atoms with Crippen molar-refractivity contribution in [2.75, 3.05) is 9.80 Å². The first kappa shape index (κ1) is 33.9.